The molecule has 1 rings (SSSR count). The lowest BCUT2D eigenvalue weighted by Gasteiger charge is -2.18. The molecule has 0 atom stereocenters. The van der Waals surface area contributed by atoms with Crippen molar-refractivity contribution >= 4 is 49.7 Å². The summed E-state index contributed by atoms with van der Waals surface area (Å²) in [6, 6.07) is -0.686. The molecule has 1 aliphatic heterocycles. The van der Waals surface area contributed by atoms with E-state index in [1.54, 1.807) is 0 Å². The van der Waals surface area contributed by atoms with Crippen molar-refractivity contribution in [3.05, 3.63) is 0 Å². The maximum absolute atomic E-state index is 10.9. The van der Waals surface area contributed by atoms with Crippen LogP contribution >= 0.6 is 31.9 Å². The van der Waals surface area contributed by atoms with E-state index in [0.717, 1.165) is 0 Å². The molecule has 0 saturated heterocycles. The van der Waals surface area contributed by atoms with Gasteiger partial charge >= 0.3 is 0 Å². The van der Waals surface area contributed by atoms with Crippen LogP contribution in [0.5, 0.6) is 0 Å². The van der Waals surface area contributed by atoms with Crippen molar-refractivity contribution < 1.29 is 14.7 Å². The van der Waals surface area contributed by atoms with Crippen molar-refractivity contribution in [2.75, 3.05) is 0 Å². The number of alkyl halides is 2. The Balaban J connectivity index is 3.06. The lowest BCUT2D eigenvalue weighted by atomic mass is 10.3. The first kappa shape index (κ1) is 8.66. The average Bonchev–Trinajstić information content (AvgIpc) is 1.84. The second-order valence-electron chi connectivity index (χ2n) is 1.77. The smallest absolute Gasteiger partial charge is 0.296 e. The Bertz CT molecular complexity index is 260. The fraction of sp³-hybridized carbons (Fsp3) is 0.250. The highest BCUT2D eigenvalue weighted by atomic mass is 79.9. The number of carbonyl (C=O) groups excluding carboxylic acids is 2. The average molecular weight is 286 g/mol. The summed E-state index contributed by atoms with van der Waals surface area (Å²) in [5, 5.41) is 10.6. The van der Waals surface area contributed by atoms with E-state index in [0.29, 0.717) is 0 Å². The van der Waals surface area contributed by atoms with Crippen molar-refractivity contribution in [3.63, 3.8) is 0 Å². The van der Waals surface area contributed by atoms with Crippen LogP contribution in [0.1, 0.15) is 0 Å². The molecule has 0 bridgehead atoms. The van der Waals surface area contributed by atoms with Gasteiger partial charge in [0.25, 0.3) is 17.8 Å². The highest BCUT2D eigenvalue weighted by Crippen LogP contribution is 2.29. The second kappa shape index (κ2) is 2.56. The van der Waals surface area contributed by atoms with Crippen molar-refractivity contribution in [3.8, 4) is 0 Å². The first-order valence-corrected chi connectivity index (χ1v) is 4.04. The second-order valence-corrected chi connectivity index (χ2v) is 5.21. The van der Waals surface area contributed by atoms with E-state index in [9.17, 15) is 9.59 Å². The van der Waals surface area contributed by atoms with Crippen LogP contribution in [0.25, 0.3) is 0 Å². The van der Waals surface area contributed by atoms with Crippen molar-refractivity contribution in [1.82, 2.24) is 5.32 Å². The first-order valence-electron chi connectivity index (χ1n) is 2.46. The molecular weight excluding hydrogens is 284 g/mol. The number of aliphatic hydroxyl groups excluding tert-OH is 1. The van der Waals surface area contributed by atoms with Crippen LogP contribution in [-0.4, -0.2) is 26.2 Å². The van der Waals surface area contributed by atoms with Gasteiger partial charge in [-0.15, -0.1) is 0 Å². The lowest BCUT2D eigenvalue weighted by Crippen LogP contribution is -2.50. The minimum Gasteiger partial charge on any atom is -0.480 e. The molecule has 0 unspecified atom stereocenters. The number of rotatable bonds is 0. The molecule has 2 amide bonds. The third kappa shape index (κ3) is 1.43. The third-order valence-corrected chi connectivity index (χ3v) is 2.39. The van der Waals surface area contributed by atoms with Crippen LogP contribution in [0.15, 0.2) is 4.99 Å². The normalized spacial score (nSPS) is 22.5. The molecule has 0 aromatic heterocycles. The van der Waals surface area contributed by atoms with E-state index in [-0.39, 0.29) is 0 Å². The zero-order valence-corrected chi connectivity index (χ0v) is 8.14. The first-order chi connectivity index (χ1) is 4.94. The van der Waals surface area contributed by atoms with Crippen LogP contribution in [0.4, 0.5) is 0 Å². The molecule has 1 aliphatic rings. The number of aliphatic hydroxyl groups is 1. The summed E-state index contributed by atoms with van der Waals surface area (Å²) in [7, 11) is 0. The number of nitrogens with zero attached hydrogens (tertiary/aromatic N) is 1. The predicted octanol–water partition coefficient (Wildman–Crippen LogP) is 0.0429. The number of nitrogens with one attached hydrogen (secondary N) is 1. The highest BCUT2D eigenvalue weighted by Gasteiger charge is 2.44. The molecular formula is C4H2Br2N2O3. The van der Waals surface area contributed by atoms with E-state index >= 15 is 0 Å². The van der Waals surface area contributed by atoms with Crippen LogP contribution < -0.4 is 5.32 Å². The Hall–Kier alpha value is -0.430. The fourth-order valence-electron chi connectivity index (χ4n) is 0.472. The van der Waals surface area contributed by atoms with E-state index in [1.165, 1.54) is 0 Å². The molecule has 0 aromatic carbocycles. The summed E-state index contributed by atoms with van der Waals surface area (Å²) in [6.45, 7) is 0. The molecule has 0 aliphatic carbocycles. The number of hydrogen-bond acceptors (Lipinski definition) is 2. The van der Waals surface area contributed by atoms with Gasteiger partial charge in [0, 0.05) is 0 Å². The Morgan fingerprint density at radius 1 is 1.45 bits per heavy atom. The standard InChI is InChI=1S/C4H2Br2N2O3/c5-4(6)1(9)7-3(11)8-2(4)10/h(H2,7,8,9,10,11). The SMILES string of the molecule is O=C1N=C(O)NC(=O)C1(Br)Br. The number of amidine groups is 1. The molecule has 0 radical (unpaired) electrons. The van der Waals surface area contributed by atoms with Gasteiger partial charge in [0.15, 0.2) is 0 Å². The van der Waals surface area contributed by atoms with E-state index in [4.69, 9.17) is 5.11 Å². The Kier molecular flexibility index (Phi) is 2.02. The Morgan fingerprint density at radius 2 is 2.00 bits per heavy atom. The van der Waals surface area contributed by atoms with Gasteiger partial charge in [0.05, 0.1) is 0 Å². The number of halogens is 2. The maximum Gasteiger partial charge on any atom is 0.296 e. The lowest BCUT2D eigenvalue weighted by molar-refractivity contribution is -0.127. The van der Waals surface area contributed by atoms with Gasteiger partial charge in [-0.05, 0) is 0 Å². The van der Waals surface area contributed by atoms with Gasteiger partial charge in [-0.2, -0.15) is 4.99 Å². The number of hydrogen-bond donors (Lipinski definition) is 2. The highest BCUT2D eigenvalue weighted by molar-refractivity contribution is 9.26. The summed E-state index contributed by atoms with van der Waals surface area (Å²) in [6.07, 6.45) is 0. The summed E-state index contributed by atoms with van der Waals surface area (Å²) in [4.78, 5) is 24.8. The fourth-order valence-corrected chi connectivity index (χ4v) is 0.847. The minimum atomic E-state index is -1.54. The number of carbonyl (C=O) groups is 2. The van der Waals surface area contributed by atoms with Crippen LogP contribution in [0.3, 0.4) is 0 Å². The van der Waals surface area contributed by atoms with E-state index in [1.807, 2.05) is 5.32 Å². The summed E-state index contributed by atoms with van der Waals surface area (Å²) < 4.78 is -1.54. The largest absolute Gasteiger partial charge is 0.480 e. The van der Waals surface area contributed by atoms with Gasteiger partial charge in [0.2, 0.25) is 3.23 Å². The van der Waals surface area contributed by atoms with Gasteiger partial charge in [-0.1, -0.05) is 31.9 Å². The molecule has 0 spiro atoms. The zero-order chi connectivity index (χ0) is 8.65. The topological polar surface area (TPSA) is 78.8 Å². The van der Waals surface area contributed by atoms with Crippen molar-refractivity contribution in [2.45, 2.75) is 3.23 Å². The molecule has 5 nitrogen and oxygen atoms in total. The third-order valence-electron chi connectivity index (χ3n) is 0.987. The number of aliphatic imine (C=N–C) groups is 1. The van der Waals surface area contributed by atoms with Gasteiger partial charge in [-0.25, -0.2) is 0 Å². The minimum absolute atomic E-state index is 0.686. The summed E-state index contributed by atoms with van der Waals surface area (Å²) in [5.74, 6) is -1.49. The maximum atomic E-state index is 10.9. The molecule has 1 heterocycles. The van der Waals surface area contributed by atoms with Crippen LogP contribution in [0, 0.1) is 0 Å². The van der Waals surface area contributed by atoms with Gasteiger partial charge in [0.1, 0.15) is 0 Å². The van der Waals surface area contributed by atoms with Crippen LogP contribution in [-0.2, 0) is 9.59 Å². The summed E-state index contributed by atoms with van der Waals surface area (Å²) >= 11 is 5.58. The molecule has 0 aromatic rings. The molecule has 7 heteroatoms. The summed E-state index contributed by atoms with van der Waals surface area (Å²) in [5.41, 5.74) is 0. The molecule has 11 heavy (non-hydrogen) atoms. The molecule has 2 N–H and O–H groups in total. The molecule has 0 fully saturated rings. The monoisotopic (exact) mass is 284 g/mol. The van der Waals surface area contributed by atoms with E-state index in [2.05, 4.69) is 36.9 Å². The number of amides is 2. The van der Waals surface area contributed by atoms with E-state index < -0.39 is 21.1 Å². The van der Waals surface area contributed by atoms with Gasteiger partial charge in [-0.3, -0.25) is 14.9 Å². The zero-order valence-electron chi connectivity index (χ0n) is 4.97. The van der Waals surface area contributed by atoms with Crippen LogP contribution in [0.2, 0.25) is 0 Å². The molecule has 60 valence electrons. The Labute approximate surface area is 78.1 Å². The van der Waals surface area contributed by atoms with Gasteiger partial charge < -0.3 is 5.11 Å². The van der Waals surface area contributed by atoms with Crippen molar-refractivity contribution in [2.24, 2.45) is 4.99 Å². The van der Waals surface area contributed by atoms with Crippen molar-refractivity contribution in [1.29, 1.82) is 0 Å². The predicted molar refractivity (Wildman–Crippen MR) is 43.8 cm³/mol. The Morgan fingerprint density at radius 3 is 2.45 bits per heavy atom. The molecule has 0 saturated carbocycles. The quantitative estimate of drug-likeness (QED) is 0.487.